The minimum atomic E-state index is -0.215. The molecule has 0 aromatic heterocycles. The van der Waals surface area contributed by atoms with Crippen molar-refractivity contribution in [3.8, 4) is 11.5 Å². The van der Waals surface area contributed by atoms with Crippen LogP contribution in [0.25, 0.3) is 0 Å². The Balaban J connectivity index is 1.94. The molecule has 20 heavy (non-hydrogen) atoms. The first-order valence-electron chi connectivity index (χ1n) is 6.75. The molecule has 0 aliphatic heterocycles. The highest BCUT2D eigenvalue weighted by Gasteiger charge is 2.04. The summed E-state index contributed by atoms with van der Waals surface area (Å²) in [5.74, 6) is 0.998. The molecule has 0 saturated carbocycles. The third-order valence-corrected chi connectivity index (χ3v) is 2.74. The van der Waals surface area contributed by atoms with Crippen molar-refractivity contribution in [1.29, 1.82) is 0 Å². The fraction of sp³-hybridized carbons (Fsp3) is 0.235. The highest BCUT2D eigenvalue weighted by Crippen LogP contribution is 2.21. The maximum absolute atomic E-state index is 11.4. The Kier molecular flexibility index (Phi) is 5.18. The monoisotopic (exact) mass is 270 g/mol. The summed E-state index contributed by atoms with van der Waals surface area (Å²) in [5, 5.41) is 0. The number of hydrogen-bond acceptors (Lipinski definition) is 3. The Morgan fingerprint density at radius 3 is 2.50 bits per heavy atom. The number of ether oxygens (including phenoxy) is 2. The molecule has 3 heteroatoms. The second-order valence-electron chi connectivity index (χ2n) is 4.47. The van der Waals surface area contributed by atoms with Crippen molar-refractivity contribution in [3.05, 3.63) is 60.2 Å². The summed E-state index contributed by atoms with van der Waals surface area (Å²) in [7, 11) is 0. The van der Waals surface area contributed by atoms with E-state index < -0.39 is 0 Å². The molecule has 3 nitrogen and oxygen atoms in total. The Labute approximate surface area is 119 Å². The van der Waals surface area contributed by atoms with Crippen LogP contribution in [0.4, 0.5) is 0 Å². The number of esters is 1. The smallest absolute Gasteiger partial charge is 0.311 e. The van der Waals surface area contributed by atoms with Gasteiger partial charge in [0.15, 0.2) is 0 Å². The van der Waals surface area contributed by atoms with Gasteiger partial charge in [0, 0.05) is 12.5 Å². The molecule has 2 aromatic carbocycles. The van der Waals surface area contributed by atoms with Crippen molar-refractivity contribution in [2.24, 2.45) is 0 Å². The normalized spacial score (nSPS) is 10.1. The lowest BCUT2D eigenvalue weighted by Gasteiger charge is -2.08. The van der Waals surface area contributed by atoms with E-state index in [0.717, 1.165) is 12.0 Å². The van der Waals surface area contributed by atoms with Crippen LogP contribution in [0.3, 0.4) is 0 Å². The molecule has 0 aliphatic rings. The van der Waals surface area contributed by atoms with Crippen LogP contribution in [0.5, 0.6) is 11.5 Å². The number of carbonyl (C=O) groups excluding carboxylic acids is 1. The van der Waals surface area contributed by atoms with Crippen molar-refractivity contribution in [2.75, 3.05) is 0 Å². The summed E-state index contributed by atoms with van der Waals surface area (Å²) in [6.07, 6.45) is 1.21. The Morgan fingerprint density at radius 2 is 1.75 bits per heavy atom. The molecule has 0 unspecified atom stereocenters. The van der Waals surface area contributed by atoms with Gasteiger partial charge in [-0.05, 0) is 24.1 Å². The quantitative estimate of drug-likeness (QED) is 0.588. The van der Waals surface area contributed by atoms with E-state index in [1.807, 2.05) is 49.4 Å². The van der Waals surface area contributed by atoms with Gasteiger partial charge in [-0.15, -0.1) is 0 Å². The maximum atomic E-state index is 11.4. The minimum absolute atomic E-state index is 0.215. The lowest BCUT2D eigenvalue weighted by Crippen LogP contribution is -2.06. The van der Waals surface area contributed by atoms with Gasteiger partial charge in [0.25, 0.3) is 0 Å². The third-order valence-electron chi connectivity index (χ3n) is 2.74. The number of benzene rings is 2. The van der Waals surface area contributed by atoms with Gasteiger partial charge in [-0.25, -0.2) is 0 Å². The molecule has 0 N–H and O–H groups in total. The van der Waals surface area contributed by atoms with Crippen molar-refractivity contribution in [1.82, 2.24) is 0 Å². The van der Waals surface area contributed by atoms with E-state index in [9.17, 15) is 4.79 Å². The SMILES string of the molecule is CCCC(=O)Oc1cccc(OCc2ccccc2)c1. The van der Waals surface area contributed by atoms with E-state index in [0.29, 0.717) is 24.5 Å². The summed E-state index contributed by atoms with van der Waals surface area (Å²) in [4.78, 5) is 11.4. The van der Waals surface area contributed by atoms with Gasteiger partial charge in [-0.1, -0.05) is 43.3 Å². The van der Waals surface area contributed by atoms with Crippen LogP contribution in [0.1, 0.15) is 25.3 Å². The molecule has 2 aromatic rings. The fourth-order valence-corrected chi connectivity index (χ4v) is 1.75. The molecule has 2 rings (SSSR count). The predicted octanol–water partition coefficient (Wildman–Crippen LogP) is 3.97. The second-order valence-corrected chi connectivity index (χ2v) is 4.47. The summed E-state index contributed by atoms with van der Waals surface area (Å²) in [5.41, 5.74) is 1.10. The minimum Gasteiger partial charge on any atom is -0.489 e. The van der Waals surface area contributed by atoms with Crippen molar-refractivity contribution in [2.45, 2.75) is 26.4 Å². The zero-order chi connectivity index (χ0) is 14.2. The highest BCUT2D eigenvalue weighted by molar-refractivity contribution is 5.72. The molecule has 0 radical (unpaired) electrons. The van der Waals surface area contributed by atoms with Crippen molar-refractivity contribution < 1.29 is 14.3 Å². The van der Waals surface area contributed by atoms with Gasteiger partial charge in [0.2, 0.25) is 0 Å². The van der Waals surface area contributed by atoms with E-state index in [-0.39, 0.29) is 5.97 Å². The van der Waals surface area contributed by atoms with E-state index in [1.54, 1.807) is 12.1 Å². The van der Waals surface area contributed by atoms with Crippen LogP contribution in [0, 0.1) is 0 Å². The van der Waals surface area contributed by atoms with Gasteiger partial charge < -0.3 is 9.47 Å². The van der Waals surface area contributed by atoms with Crippen LogP contribution in [0.2, 0.25) is 0 Å². The average molecular weight is 270 g/mol. The molecule has 0 saturated heterocycles. The number of carbonyl (C=O) groups is 1. The molecule has 0 aliphatic carbocycles. The molecular weight excluding hydrogens is 252 g/mol. The van der Waals surface area contributed by atoms with E-state index in [1.165, 1.54) is 0 Å². The first kappa shape index (κ1) is 14.1. The predicted molar refractivity (Wildman–Crippen MR) is 77.8 cm³/mol. The van der Waals surface area contributed by atoms with E-state index >= 15 is 0 Å². The fourth-order valence-electron chi connectivity index (χ4n) is 1.75. The van der Waals surface area contributed by atoms with Crippen LogP contribution in [0.15, 0.2) is 54.6 Å². The van der Waals surface area contributed by atoms with E-state index in [4.69, 9.17) is 9.47 Å². The summed E-state index contributed by atoms with van der Waals surface area (Å²) < 4.78 is 10.9. The maximum Gasteiger partial charge on any atom is 0.311 e. The van der Waals surface area contributed by atoms with Crippen LogP contribution in [-0.4, -0.2) is 5.97 Å². The molecule has 0 bridgehead atoms. The van der Waals surface area contributed by atoms with E-state index in [2.05, 4.69) is 0 Å². The van der Waals surface area contributed by atoms with Gasteiger partial charge >= 0.3 is 5.97 Å². The third kappa shape index (κ3) is 4.43. The summed E-state index contributed by atoms with van der Waals surface area (Å²) >= 11 is 0. The summed E-state index contributed by atoms with van der Waals surface area (Å²) in [6, 6.07) is 17.1. The standard InChI is InChI=1S/C17H18O3/c1-2-7-17(18)20-16-11-6-10-15(12-16)19-13-14-8-4-3-5-9-14/h3-6,8-12H,2,7,13H2,1H3. The largest absolute Gasteiger partial charge is 0.489 e. The van der Waals surface area contributed by atoms with Crippen LogP contribution < -0.4 is 9.47 Å². The highest BCUT2D eigenvalue weighted by atomic mass is 16.5. The van der Waals surface area contributed by atoms with Gasteiger partial charge in [0.1, 0.15) is 18.1 Å². The molecule has 0 amide bonds. The Hall–Kier alpha value is -2.29. The van der Waals surface area contributed by atoms with Crippen molar-refractivity contribution >= 4 is 5.97 Å². The lowest BCUT2D eigenvalue weighted by molar-refractivity contribution is -0.134. The number of rotatable bonds is 6. The zero-order valence-corrected chi connectivity index (χ0v) is 11.5. The lowest BCUT2D eigenvalue weighted by atomic mass is 10.2. The van der Waals surface area contributed by atoms with Crippen LogP contribution in [-0.2, 0) is 11.4 Å². The average Bonchev–Trinajstić information content (AvgIpc) is 2.47. The first-order valence-corrected chi connectivity index (χ1v) is 6.75. The molecule has 104 valence electrons. The van der Waals surface area contributed by atoms with Gasteiger partial charge in [-0.2, -0.15) is 0 Å². The van der Waals surface area contributed by atoms with Gasteiger partial charge in [0.05, 0.1) is 0 Å². The zero-order valence-electron chi connectivity index (χ0n) is 11.5. The van der Waals surface area contributed by atoms with Gasteiger partial charge in [-0.3, -0.25) is 4.79 Å². The van der Waals surface area contributed by atoms with Crippen molar-refractivity contribution in [3.63, 3.8) is 0 Å². The molecule has 0 heterocycles. The molecular formula is C17H18O3. The van der Waals surface area contributed by atoms with Crippen LogP contribution >= 0.6 is 0 Å². The molecule has 0 atom stereocenters. The number of hydrogen-bond donors (Lipinski definition) is 0. The second kappa shape index (κ2) is 7.34. The molecule has 0 fully saturated rings. The Bertz CT molecular complexity index is 549. The first-order chi connectivity index (χ1) is 9.78. The summed E-state index contributed by atoms with van der Waals surface area (Å²) in [6.45, 7) is 2.44. The topological polar surface area (TPSA) is 35.5 Å². The Morgan fingerprint density at radius 1 is 1.00 bits per heavy atom. The molecule has 0 spiro atoms.